The molecule has 0 spiro atoms. The predicted octanol–water partition coefficient (Wildman–Crippen LogP) is 2.93. The minimum Gasteiger partial charge on any atom is -0.497 e. The van der Waals surface area contributed by atoms with Crippen molar-refractivity contribution in [3.05, 3.63) is 29.8 Å². The Morgan fingerprint density at radius 1 is 1.32 bits per heavy atom. The molecule has 1 N–H and O–H groups in total. The van der Waals surface area contributed by atoms with Gasteiger partial charge in [0, 0.05) is 32.0 Å². The molecule has 2 rings (SSSR count). The molecule has 0 radical (unpaired) electrons. The number of unbranched alkanes of at least 4 members (excludes halogenated alkanes) is 1. The number of benzene rings is 1. The Morgan fingerprint density at radius 3 is 2.60 bits per heavy atom. The van der Waals surface area contributed by atoms with Gasteiger partial charge in [-0.15, -0.1) is 0 Å². The normalized spacial score (nSPS) is 19.6. The average molecular weight is 346 g/mol. The van der Waals surface area contributed by atoms with Crippen molar-refractivity contribution >= 4 is 11.8 Å². The average Bonchev–Trinajstić information content (AvgIpc) is 2.99. The van der Waals surface area contributed by atoms with Gasteiger partial charge in [0.25, 0.3) is 0 Å². The zero-order valence-corrected chi connectivity index (χ0v) is 15.6. The summed E-state index contributed by atoms with van der Waals surface area (Å²) in [5.74, 6) is 1.06. The molecule has 1 saturated heterocycles. The molecule has 1 heterocycles. The van der Waals surface area contributed by atoms with Crippen molar-refractivity contribution in [3.8, 4) is 5.75 Å². The summed E-state index contributed by atoms with van der Waals surface area (Å²) in [5, 5.41) is 3.14. The number of nitrogens with zero attached hydrogens (tertiary/aromatic N) is 1. The highest BCUT2D eigenvalue weighted by molar-refractivity contribution is 5.80. The fourth-order valence-electron chi connectivity index (χ4n) is 3.37. The van der Waals surface area contributed by atoms with Gasteiger partial charge in [-0.1, -0.05) is 25.5 Å². The summed E-state index contributed by atoms with van der Waals surface area (Å²) in [7, 11) is 3.51. The molecule has 1 unspecified atom stereocenters. The summed E-state index contributed by atoms with van der Waals surface area (Å²) >= 11 is 0. The summed E-state index contributed by atoms with van der Waals surface area (Å²) in [6.45, 7) is 2.92. The van der Waals surface area contributed by atoms with Crippen molar-refractivity contribution in [2.45, 2.75) is 57.4 Å². The van der Waals surface area contributed by atoms with Crippen molar-refractivity contribution in [1.29, 1.82) is 0 Å². The highest BCUT2D eigenvalue weighted by atomic mass is 16.5. The van der Waals surface area contributed by atoms with Crippen LogP contribution in [0.4, 0.5) is 0 Å². The van der Waals surface area contributed by atoms with Gasteiger partial charge in [0.1, 0.15) is 5.75 Å². The summed E-state index contributed by atoms with van der Waals surface area (Å²) in [6.07, 6.45) is 5.32. The van der Waals surface area contributed by atoms with E-state index in [4.69, 9.17) is 4.74 Å². The van der Waals surface area contributed by atoms with Gasteiger partial charge in [0.2, 0.25) is 11.8 Å². The zero-order valence-electron chi connectivity index (χ0n) is 15.6. The van der Waals surface area contributed by atoms with E-state index in [1.807, 2.05) is 31.3 Å². The first-order chi connectivity index (χ1) is 12.0. The largest absolute Gasteiger partial charge is 0.497 e. The summed E-state index contributed by atoms with van der Waals surface area (Å²) < 4.78 is 5.20. The molecular weight excluding hydrogens is 316 g/mol. The number of hydrogen-bond donors (Lipinski definition) is 1. The number of rotatable bonds is 9. The second-order valence-electron chi connectivity index (χ2n) is 7.02. The zero-order chi connectivity index (χ0) is 18.3. The van der Waals surface area contributed by atoms with Crippen molar-refractivity contribution in [1.82, 2.24) is 10.2 Å². The van der Waals surface area contributed by atoms with Gasteiger partial charge in [-0.25, -0.2) is 0 Å². The molecule has 0 saturated carbocycles. The number of amides is 2. The van der Waals surface area contributed by atoms with E-state index in [0.29, 0.717) is 19.3 Å². The lowest BCUT2D eigenvalue weighted by Gasteiger charge is -2.30. The van der Waals surface area contributed by atoms with E-state index < -0.39 is 0 Å². The van der Waals surface area contributed by atoms with Crippen LogP contribution >= 0.6 is 0 Å². The molecule has 1 aromatic rings. The molecular formula is C20H30N2O3. The van der Waals surface area contributed by atoms with E-state index in [0.717, 1.165) is 43.5 Å². The minimum atomic E-state index is -0.313. The van der Waals surface area contributed by atoms with Crippen LogP contribution in [0, 0.1) is 0 Å². The number of hydrogen-bond acceptors (Lipinski definition) is 3. The second-order valence-corrected chi connectivity index (χ2v) is 7.02. The molecule has 5 heteroatoms. The van der Waals surface area contributed by atoms with Gasteiger partial charge < -0.3 is 15.0 Å². The summed E-state index contributed by atoms with van der Waals surface area (Å²) in [6, 6.07) is 7.92. The molecule has 5 nitrogen and oxygen atoms in total. The second kappa shape index (κ2) is 8.88. The van der Waals surface area contributed by atoms with Gasteiger partial charge in [0.15, 0.2) is 0 Å². The van der Waals surface area contributed by atoms with Crippen LogP contribution in [0.25, 0.3) is 0 Å². The molecule has 2 amide bonds. The number of carbonyl (C=O) groups is 2. The van der Waals surface area contributed by atoms with Crippen molar-refractivity contribution in [2.24, 2.45) is 0 Å². The summed E-state index contributed by atoms with van der Waals surface area (Å²) in [4.78, 5) is 26.0. The van der Waals surface area contributed by atoms with E-state index in [1.54, 1.807) is 12.0 Å². The van der Waals surface area contributed by atoms with E-state index in [2.05, 4.69) is 12.2 Å². The van der Waals surface area contributed by atoms with Crippen molar-refractivity contribution in [2.75, 3.05) is 20.7 Å². The van der Waals surface area contributed by atoms with E-state index in [-0.39, 0.29) is 17.4 Å². The lowest BCUT2D eigenvalue weighted by atomic mass is 9.85. The Bertz CT molecular complexity index is 585. The van der Waals surface area contributed by atoms with Crippen LogP contribution < -0.4 is 10.1 Å². The van der Waals surface area contributed by atoms with Gasteiger partial charge in [-0.2, -0.15) is 0 Å². The summed E-state index contributed by atoms with van der Waals surface area (Å²) in [5.41, 5.74) is 0.835. The number of ether oxygens (including phenoxy) is 1. The van der Waals surface area contributed by atoms with Crippen LogP contribution in [0.1, 0.15) is 51.0 Å². The Labute approximate surface area is 150 Å². The van der Waals surface area contributed by atoms with Crippen molar-refractivity contribution in [3.63, 3.8) is 0 Å². The first-order valence-corrected chi connectivity index (χ1v) is 9.16. The maximum absolute atomic E-state index is 12.4. The Kier molecular flexibility index (Phi) is 6.85. The predicted molar refractivity (Wildman–Crippen MR) is 98.6 cm³/mol. The van der Waals surface area contributed by atoms with Crippen LogP contribution in [0.3, 0.4) is 0 Å². The molecule has 138 valence electrons. The van der Waals surface area contributed by atoms with Gasteiger partial charge in [-0.05, 0) is 43.4 Å². The third kappa shape index (κ3) is 5.48. The van der Waals surface area contributed by atoms with E-state index in [9.17, 15) is 9.59 Å². The monoisotopic (exact) mass is 346 g/mol. The quantitative estimate of drug-likeness (QED) is 0.748. The van der Waals surface area contributed by atoms with Gasteiger partial charge in [0.05, 0.1) is 7.11 Å². The van der Waals surface area contributed by atoms with Crippen LogP contribution in [0.15, 0.2) is 24.3 Å². The molecule has 1 aliphatic heterocycles. The maximum Gasteiger partial charge on any atom is 0.222 e. The fourth-order valence-corrected chi connectivity index (χ4v) is 3.37. The Hall–Kier alpha value is -2.04. The fraction of sp³-hybridized carbons (Fsp3) is 0.600. The molecule has 0 aromatic heterocycles. The molecule has 1 aliphatic rings. The minimum absolute atomic E-state index is 0.0836. The third-order valence-electron chi connectivity index (χ3n) is 5.03. The number of carbonyl (C=O) groups excluding carboxylic acids is 2. The first-order valence-electron chi connectivity index (χ1n) is 9.16. The topological polar surface area (TPSA) is 58.6 Å². The highest BCUT2D eigenvalue weighted by Gasteiger charge is 2.38. The standard InChI is InChI=1S/C20H30N2O3/c1-4-5-14-22(2)19(24)11-13-20(12-10-18(23)21-20)15-16-6-8-17(25-3)9-7-16/h6-9H,4-5,10-15H2,1-3H3,(H,21,23). The molecule has 1 aromatic carbocycles. The number of nitrogens with one attached hydrogen (secondary N) is 1. The molecule has 1 atom stereocenters. The lowest BCUT2D eigenvalue weighted by Crippen LogP contribution is -2.44. The Morgan fingerprint density at radius 2 is 2.04 bits per heavy atom. The molecule has 0 aliphatic carbocycles. The maximum atomic E-state index is 12.4. The lowest BCUT2D eigenvalue weighted by molar-refractivity contribution is -0.130. The van der Waals surface area contributed by atoms with Crippen LogP contribution in [0.2, 0.25) is 0 Å². The SMILES string of the molecule is CCCCN(C)C(=O)CCC1(Cc2ccc(OC)cc2)CCC(=O)N1. The molecule has 25 heavy (non-hydrogen) atoms. The van der Waals surface area contributed by atoms with Crippen LogP contribution in [-0.2, 0) is 16.0 Å². The molecule has 1 fully saturated rings. The van der Waals surface area contributed by atoms with E-state index in [1.165, 1.54) is 0 Å². The van der Waals surface area contributed by atoms with Crippen molar-refractivity contribution < 1.29 is 14.3 Å². The van der Waals surface area contributed by atoms with Crippen LogP contribution in [-0.4, -0.2) is 43.0 Å². The van der Waals surface area contributed by atoms with E-state index >= 15 is 0 Å². The van der Waals surface area contributed by atoms with Crippen LogP contribution in [0.5, 0.6) is 5.75 Å². The number of methoxy groups -OCH3 is 1. The first kappa shape index (κ1) is 19.3. The third-order valence-corrected chi connectivity index (χ3v) is 5.03. The Balaban J connectivity index is 1.99. The van der Waals surface area contributed by atoms with Gasteiger partial charge >= 0.3 is 0 Å². The molecule has 0 bridgehead atoms. The highest BCUT2D eigenvalue weighted by Crippen LogP contribution is 2.30. The smallest absolute Gasteiger partial charge is 0.222 e. The van der Waals surface area contributed by atoms with Gasteiger partial charge in [-0.3, -0.25) is 9.59 Å².